The lowest BCUT2D eigenvalue weighted by molar-refractivity contribution is 0.660. The van der Waals surface area contributed by atoms with E-state index in [0.717, 1.165) is 61.1 Å². The molecule has 0 aliphatic heterocycles. The van der Waals surface area contributed by atoms with Gasteiger partial charge in [0.25, 0.3) is 0 Å². The number of rotatable bonds is 5. The van der Waals surface area contributed by atoms with E-state index >= 15 is 0 Å². The minimum absolute atomic E-state index is 0.125. The smallest absolute Gasteiger partial charge is 0.143 e. The fraction of sp³-hybridized carbons (Fsp3) is 0.0600. The van der Waals surface area contributed by atoms with E-state index in [0.29, 0.717) is 0 Å². The number of fused-ring (bicyclic) bond motifs is 6. The Morgan fingerprint density at radius 3 is 1.75 bits per heavy atom. The molecule has 7 aromatic carbocycles. The molecule has 2 heteroatoms. The van der Waals surface area contributed by atoms with Crippen LogP contribution in [0.1, 0.15) is 25.0 Å². The van der Waals surface area contributed by atoms with Crippen LogP contribution in [0, 0.1) is 0 Å². The van der Waals surface area contributed by atoms with Gasteiger partial charge in [0, 0.05) is 32.9 Å². The van der Waals surface area contributed by atoms with Crippen molar-refractivity contribution in [1.29, 1.82) is 0 Å². The number of furan rings is 1. The Kier molecular flexibility index (Phi) is 6.87. The summed E-state index contributed by atoms with van der Waals surface area (Å²) in [4.78, 5) is 5.20. The predicted octanol–water partition coefficient (Wildman–Crippen LogP) is 13.6. The Morgan fingerprint density at radius 1 is 0.385 bits per heavy atom. The number of hydrogen-bond acceptors (Lipinski definition) is 2. The SMILES string of the molecule is CC1(C)c2ccccc2-c2cc(-c3cccc4c3oc3ccccc34)c(-c3ccc(-c4cc(-c5ccccc5)cc(-c5ccccc5)n4)cc3)cc21. The third-order valence-corrected chi connectivity index (χ3v) is 10.9. The highest BCUT2D eigenvalue weighted by Crippen LogP contribution is 2.52. The summed E-state index contributed by atoms with van der Waals surface area (Å²) in [6.07, 6.45) is 0. The first-order valence-corrected chi connectivity index (χ1v) is 18.0. The molecule has 0 atom stereocenters. The lowest BCUT2D eigenvalue weighted by atomic mass is 9.80. The Bertz CT molecular complexity index is 2730. The second-order valence-corrected chi connectivity index (χ2v) is 14.3. The predicted molar refractivity (Wildman–Crippen MR) is 216 cm³/mol. The molecular formula is C50H35NO. The Morgan fingerprint density at radius 2 is 0.981 bits per heavy atom. The first-order chi connectivity index (χ1) is 25.5. The third-order valence-electron chi connectivity index (χ3n) is 10.9. The van der Waals surface area contributed by atoms with Crippen LogP contribution in [-0.4, -0.2) is 4.98 Å². The zero-order valence-corrected chi connectivity index (χ0v) is 29.1. The fourth-order valence-corrected chi connectivity index (χ4v) is 8.22. The second-order valence-electron chi connectivity index (χ2n) is 14.3. The van der Waals surface area contributed by atoms with E-state index in [4.69, 9.17) is 9.40 Å². The molecule has 0 radical (unpaired) electrons. The zero-order chi connectivity index (χ0) is 34.8. The minimum atomic E-state index is -0.125. The van der Waals surface area contributed by atoms with Crippen molar-refractivity contribution in [2.45, 2.75) is 19.3 Å². The molecule has 1 aliphatic rings. The maximum Gasteiger partial charge on any atom is 0.143 e. The third kappa shape index (κ3) is 4.83. The average Bonchev–Trinajstić information content (AvgIpc) is 3.70. The lowest BCUT2D eigenvalue weighted by Crippen LogP contribution is -2.15. The van der Waals surface area contributed by atoms with Crippen LogP contribution in [0.3, 0.4) is 0 Å². The van der Waals surface area contributed by atoms with Gasteiger partial charge in [0.05, 0.1) is 11.4 Å². The van der Waals surface area contributed by atoms with Gasteiger partial charge in [0.1, 0.15) is 11.2 Å². The highest BCUT2D eigenvalue weighted by Gasteiger charge is 2.36. The summed E-state index contributed by atoms with van der Waals surface area (Å²) in [6.45, 7) is 4.69. The standard InChI is InChI=1S/C50H35NO/c1-50(2)44-22-11-9-18-37(44)43-30-42(40-21-13-20-39-38-19-10-12-23-48(38)52-49(39)40)41(31-45(43)50)33-24-26-35(27-25-33)47-29-36(32-14-5-3-6-15-32)28-46(51-47)34-16-7-4-8-17-34/h3-31H,1-2H3. The number of para-hydroxylation sites is 2. The Balaban J connectivity index is 1.16. The van der Waals surface area contributed by atoms with Gasteiger partial charge in [0.15, 0.2) is 0 Å². The maximum atomic E-state index is 6.62. The van der Waals surface area contributed by atoms with Crippen LogP contribution in [-0.2, 0) is 5.41 Å². The summed E-state index contributed by atoms with van der Waals surface area (Å²) in [6, 6.07) is 62.9. The molecule has 0 bridgehead atoms. The lowest BCUT2D eigenvalue weighted by Gasteiger charge is -2.23. The van der Waals surface area contributed by atoms with E-state index in [1.807, 2.05) is 12.1 Å². The van der Waals surface area contributed by atoms with E-state index in [1.54, 1.807) is 0 Å². The van der Waals surface area contributed by atoms with Crippen molar-refractivity contribution in [2.75, 3.05) is 0 Å². The summed E-state index contributed by atoms with van der Waals surface area (Å²) >= 11 is 0. The van der Waals surface area contributed by atoms with Crippen molar-refractivity contribution in [3.05, 3.63) is 187 Å². The summed E-state index contributed by atoms with van der Waals surface area (Å²) in [5.74, 6) is 0. The molecule has 246 valence electrons. The van der Waals surface area contributed by atoms with Crippen LogP contribution < -0.4 is 0 Å². The van der Waals surface area contributed by atoms with Gasteiger partial charge in [-0.25, -0.2) is 4.98 Å². The maximum absolute atomic E-state index is 6.62. The highest BCUT2D eigenvalue weighted by atomic mass is 16.3. The summed E-state index contributed by atoms with van der Waals surface area (Å²) < 4.78 is 6.62. The van der Waals surface area contributed by atoms with Gasteiger partial charge < -0.3 is 4.42 Å². The molecule has 9 aromatic rings. The summed E-state index contributed by atoms with van der Waals surface area (Å²) in [5, 5.41) is 2.27. The van der Waals surface area contributed by atoms with Crippen LogP contribution in [0.2, 0.25) is 0 Å². The highest BCUT2D eigenvalue weighted by molar-refractivity contribution is 6.11. The number of benzene rings is 7. The molecule has 2 heterocycles. The van der Waals surface area contributed by atoms with Gasteiger partial charge in [-0.3, -0.25) is 0 Å². The van der Waals surface area contributed by atoms with Crippen LogP contribution >= 0.6 is 0 Å². The van der Waals surface area contributed by atoms with E-state index in [1.165, 1.54) is 38.9 Å². The molecule has 0 saturated heterocycles. The van der Waals surface area contributed by atoms with Crippen molar-refractivity contribution in [3.63, 3.8) is 0 Å². The Hall–Kier alpha value is -6.51. The van der Waals surface area contributed by atoms with Crippen molar-refractivity contribution in [1.82, 2.24) is 4.98 Å². The second kappa shape index (κ2) is 11.8. The van der Waals surface area contributed by atoms with E-state index in [-0.39, 0.29) is 5.41 Å². The molecule has 2 nitrogen and oxygen atoms in total. The van der Waals surface area contributed by atoms with Crippen LogP contribution in [0.5, 0.6) is 0 Å². The van der Waals surface area contributed by atoms with Crippen molar-refractivity contribution in [3.8, 4) is 67.0 Å². The van der Waals surface area contributed by atoms with Gasteiger partial charge >= 0.3 is 0 Å². The minimum Gasteiger partial charge on any atom is -0.455 e. The number of pyridine rings is 1. The van der Waals surface area contributed by atoms with E-state index in [2.05, 4.69) is 178 Å². The van der Waals surface area contributed by atoms with Crippen molar-refractivity contribution >= 4 is 21.9 Å². The first kappa shape index (κ1) is 30.3. The van der Waals surface area contributed by atoms with Crippen molar-refractivity contribution in [2.24, 2.45) is 0 Å². The van der Waals surface area contributed by atoms with Crippen LogP contribution in [0.4, 0.5) is 0 Å². The monoisotopic (exact) mass is 665 g/mol. The van der Waals surface area contributed by atoms with Crippen molar-refractivity contribution < 1.29 is 4.42 Å². The van der Waals surface area contributed by atoms with Crippen LogP contribution in [0.25, 0.3) is 89.0 Å². The quantitative estimate of drug-likeness (QED) is 0.183. The van der Waals surface area contributed by atoms with E-state index < -0.39 is 0 Å². The largest absolute Gasteiger partial charge is 0.455 e. The van der Waals surface area contributed by atoms with Gasteiger partial charge in [-0.2, -0.15) is 0 Å². The molecule has 0 fully saturated rings. The van der Waals surface area contributed by atoms with Gasteiger partial charge in [-0.1, -0.05) is 159 Å². The first-order valence-electron chi connectivity index (χ1n) is 18.0. The molecular weight excluding hydrogens is 631 g/mol. The van der Waals surface area contributed by atoms with Gasteiger partial charge in [0.2, 0.25) is 0 Å². The molecule has 0 saturated carbocycles. The van der Waals surface area contributed by atoms with Gasteiger partial charge in [-0.15, -0.1) is 0 Å². The van der Waals surface area contributed by atoms with Crippen LogP contribution in [0.15, 0.2) is 180 Å². The molecule has 52 heavy (non-hydrogen) atoms. The normalized spacial score (nSPS) is 13.0. The van der Waals surface area contributed by atoms with Gasteiger partial charge in [-0.05, 0) is 80.4 Å². The molecule has 0 spiro atoms. The van der Waals surface area contributed by atoms with E-state index in [9.17, 15) is 0 Å². The molecule has 0 amide bonds. The molecule has 0 unspecified atom stereocenters. The number of hydrogen-bond donors (Lipinski definition) is 0. The fourth-order valence-electron chi connectivity index (χ4n) is 8.22. The molecule has 10 rings (SSSR count). The molecule has 0 N–H and O–H groups in total. The summed E-state index contributed by atoms with van der Waals surface area (Å²) in [5.41, 5.74) is 18.0. The number of nitrogens with zero attached hydrogens (tertiary/aromatic N) is 1. The molecule has 1 aliphatic carbocycles. The zero-order valence-electron chi connectivity index (χ0n) is 29.1. The number of aromatic nitrogens is 1. The Labute approximate surface area is 303 Å². The topological polar surface area (TPSA) is 26.0 Å². The molecule has 2 aromatic heterocycles. The summed E-state index contributed by atoms with van der Waals surface area (Å²) in [7, 11) is 0. The average molecular weight is 666 g/mol.